The number of nitrogens with zero attached hydrogens (tertiary/aromatic N) is 3. The van der Waals surface area contributed by atoms with Crippen molar-refractivity contribution in [3.63, 3.8) is 0 Å². The van der Waals surface area contributed by atoms with Crippen molar-refractivity contribution in [2.75, 3.05) is 18.8 Å². The highest BCUT2D eigenvalue weighted by Gasteiger charge is 2.40. The number of benzene rings is 1. The molecule has 4 rings (SSSR count). The van der Waals surface area contributed by atoms with Crippen LogP contribution in [0.4, 0.5) is 5.95 Å². The van der Waals surface area contributed by atoms with Crippen molar-refractivity contribution >= 4 is 11.9 Å². The Morgan fingerprint density at radius 3 is 2.64 bits per heavy atom. The van der Waals surface area contributed by atoms with E-state index in [1.54, 1.807) is 6.07 Å². The third-order valence-electron chi connectivity index (χ3n) is 5.36. The van der Waals surface area contributed by atoms with E-state index in [-0.39, 0.29) is 24.1 Å². The van der Waals surface area contributed by atoms with Crippen molar-refractivity contribution in [2.24, 2.45) is 11.8 Å². The number of rotatable bonds is 5. The van der Waals surface area contributed by atoms with Gasteiger partial charge in [-0.2, -0.15) is 0 Å². The van der Waals surface area contributed by atoms with E-state index in [4.69, 9.17) is 10.5 Å². The number of nitrogen functional groups attached to an aromatic ring is 1. The summed E-state index contributed by atoms with van der Waals surface area (Å²) in [5.41, 5.74) is 8.19. The highest BCUT2D eigenvalue weighted by molar-refractivity contribution is 5.92. The Morgan fingerprint density at radius 1 is 1.21 bits per heavy atom. The van der Waals surface area contributed by atoms with Gasteiger partial charge in [-0.1, -0.05) is 44.2 Å². The lowest BCUT2D eigenvalue weighted by molar-refractivity contribution is -0.0865. The van der Waals surface area contributed by atoms with Crippen molar-refractivity contribution in [1.29, 1.82) is 0 Å². The maximum absolute atomic E-state index is 13.3. The number of ether oxygens (including phenoxy) is 1. The molecule has 2 heterocycles. The van der Waals surface area contributed by atoms with E-state index < -0.39 is 0 Å². The van der Waals surface area contributed by atoms with Gasteiger partial charge in [0.25, 0.3) is 5.91 Å². The second kappa shape index (κ2) is 7.87. The molecule has 1 aromatic carbocycles. The van der Waals surface area contributed by atoms with Crippen molar-refractivity contribution in [3.05, 3.63) is 53.3 Å². The van der Waals surface area contributed by atoms with Gasteiger partial charge in [-0.3, -0.25) is 4.79 Å². The summed E-state index contributed by atoms with van der Waals surface area (Å²) < 4.78 is 6.36. The van der Waals surface area contributed by atoms with E-state index in [2.05, 4.69) is 35.9 Å². The minimum atomic E-state index is -0.112. The molecule has 1 aliphatic carbocycles. The normalized spacial score (nSPS) is 22.5. The number of amides is 1. The van der Waals surface area contributed by atoms with Gasteiger partial charge < -0.3 is 15.4 Å². The first kappa shape index (κ1) is 18.9. The number of carbonyl (C=O) groups excluding carboxylic acids is 1. The van der Waals surface area contributed by atoms with Crippen LogP contribution in [-0.4, -0.2) is 40.0 Å². The van der Waals surface area contributed by atoms with Crippen LogP contribution in [0.3, 0.4) is 0 Å². The second-order valence-electron chi connectivity index (χ2n) is 8.32. The number of nitrogens with two attached hydrogens (primary N) is 1. The zero-order chi connectivity index (χ0) is 19.7. The predicted octanol–water partition coefficient (Wildman–Crippen LogP) is 3.25. The van der Waals surface area contributed by atoms with E-state index in [1.807, 2.05) is 23.1 Å². The van der Waals surface area contributed by atoms with Gasteiger partial charge in [-0.15, -0.1) is 0 Å². The number of carbonyl (C=O) groups is 1. The fourth-order valence-electron chi connectivity index (χ4n) is 3.85. The summed E-state index contributed by atoms with van der Waals surface area (Å²) in [6.45, 7) is 5.37. The van der Waals surface area contributed by atoms with Crippen LogP contribution in [0.15, 0.2) is 36.4 Å². The quantitative estimate of drug-likeness (QED) is 0.861. The molecule has 2 aromatic rings. The summed E-state index contributed by atoms with van der Waals surface area (Å²) in [5, 5.41) is 0. The summed E-state index contributed by atoms with van der Waals surface area (Å²) in [4.78, 5) is 23.7. The van der Waals surface area contributed by atoms with E-state index in [0.29, 0.717) is 30.6 Å². The Balaban J connectivity index is 1.58. The molecular weight excluding hydrogens is 352 g/mol. The van der Waals surface area contributed by atoms with Gasteiger partial charge >= 0.3 is 0 Å². The Bertz CT molecular complexity index is 836. The first-order chi connectivity index (χ1) is 13.5. The molecule has 1 aliphatic heterocycles. The maximum atomic E-state index is 13.3. The third kappa shape index (κ3) is 4.33. The van der Waals surface area contributed by atoms with E-state index in [9.17, 15) is 4.79 Å². The molecule has 2 atom stereocenters. The first-order valence-electron chi connectivity index (χ1n) is 10.1. The smallest absolute Gasteiger partial charge is 0.272 e. The molecular formula is C22H28N4O2. The molecule has 2 fully saturated rings. The maximum Gasteiger partial charge on any atom is 0.272 e. The van der Waals surface area contributed by atoms with Crippen LogP contribution < -0.4 is 5.73 Å². The fraction of sp³-hybridized carbons (Fsp3) is 0.500. The average molecular weight is 380 g/mol. The zero-order valence-corrected chi connectivity index (χ0v) is 16.5. The van der Waals surface area contributed by atoms with Gasteiger partial charge in [0, 0.05) is 12.2 Å². The van der Waals surface area contributed by atoms with Gasteiger partial charge in [0.2, 0.25) is 5.95 Å². The minimum absolute atomic E-state index is 0.0808. The zero-order valence-electron chi connectivity index (χ0n) is 16.5. The van der Waals surface area contributed by atoms with Crippen molar-refractivity contribution in [3.8, 4) is 0 Å². The highest BCUT2D eigenvalue weighted by Crippen LogP contribution is 2.39. The van der Waals surface area contributed by atoms with Crippen LogP contribution in [-0.2, 0) is 11.2 Å². The number of hydrogen-bond acceptors (Lipinski definition) is 5. The molecule has 6 nitrogen and oxygen atoms in total. The summed E-state index contributed by atoms with van der Waals surface area (Å²) in [7, 11) is 0. The number of aromatic nitrogens is 2. The Hall–Kier alpha value is -2.47. The van der Waals surface area contributed by atoms with Crippen LogP contribution in [0, 0.1) is 11.8 Å². The Morgan fingerprint density at radius 2 is 1.96 bits per heavy atom. The summed E-state index contributed by atoms with van der Waals surface area (Å²) in [6, 6.07) is 11.9. The molecule has 1 saturated carbocycles. The van der Waals surface area contributed by atoms with Crippen molar-refractivity contribution in [1.82, 2.24) is 14.9 Å². The first-order valence-corrected chi connectivity index (χ1v) is 10.1. The SMILES string of the molecule is CC(C)Cc1cc(C(=O)N2C[C@@H](c3ccccc3)O[C@@H](C3CC3)C2)nc(N)n1. The molecule has 2 N–H and O–H groups in total. The minimum Gasteiger partial charge on any atom is -0.368 e. The molecule has 1 aromatic heterocycles. The number of hydrogen-bond donors (Lipinski definition) is 1. The lowest BCUT2D eigenvalue weighted by atomic mass is 10.0. The highest BCUT2D eigenvalue weighted by atomic mass is 16.5. The molecule has 1 amide bonds. The van der Waals surface area contributed by atoms with Crippen LogP contribution >= 0.6 is 0 Å². The van der Waals surface area contributed by atoms with Gasteiger partial charge in [0.15, 0.2) is 0 Å². The van der Waals surface area contributed by atoms with Crippen LogP contribution in [0.5, 0.6) is 0 Å². The number of morpholine rings is 1. The molecule has 0 bridgehead atoms. The molecule has 0 unspecified atom stereocenters. The summed E-state index contributed by atoms with van der Waals surface area (Å²) >= 11 is 0. The van der Waals surface area contributed by atoms with Crippen molar-refractivity contribution in [2.45, 2.75) is 45.3 Å². The van der Waals surface area contributed by atoms with Gasteiger partial charge in [-0.05, 0) is 42.7 Å². The monoisotopic (exact) mass is 380 g/mol. The van der Waals surface area contributed by atoms with E-state index in [1.165, 1.54) is 12.8 Å². The fourth-order valence-corrected chi connectivity index (χ4v) is 3.85. The van der Waals surface area contributed by atoms with Crippen LogP contribution in [0.25, 0.3) is 0 Å². The second-order valence-corrected chi connectivity index (χ2v) is 8.32. The van der Waals surface area contributed by atoms with Crippen LogP contribution in [0.1, 0.15) is 54.5 Å². The van der Waals surface area contributed by atoms with E-state index in [0.717, 1.165) is 17.7 Å². The Labute approximate surface area is 166 Å². The molecule has 148 valence electrons. The molecule has 2 aliphatic rings. The topological polar surface area (TPSA) is 81.3 Å². The molecule has 28 heavy (non-hydrogen) atoms. The van der Waals surface area contributed by atoms with Gasteiger partial charge in [0.1, 0.15) is 11.8 Å². The molecule has 0 spiro atoms. The predicted molar refractivity (Wildman–Crippen MR) is 108 cm³/mol. The van der Waals surface area contributed by atoms with Crippen LogP contribution in [0.2, 0.25) is 0 Å². The Kier molecular flexibility index (Phi) is 5.31. The van der Waals surface area contributed by atoms with Gasteiger partial charge in [-0.25, -0.2) is 9.97 Å². The molecule has 0 radical (unpaired) electrons. The standard InChI is InChI=1S/C22H28N4O2/c1-14(2)10-17-11-18(25-22(23)24-17)21(27)26-12-19(15-6-4-3-5-7-15)28-20(13-26)16-8-9-16/h3-7,11,14,16,19-20H,8-10,12-13H2,1-2H3,(H2,23,24,25)/t19-,20+/m0/s1. The summed E-state index contributed by atoms with van der Waals surface area (Å²) in [5.74, 6) is 1.05. The van der Waals surface area contributed by atoms with Gasteiger partial charge in [0.05, 0.1) is 12.6 Å². The van der Waals surface area contributed by atoms with E-state index >= 15 is 0 Å². The summed E-state index contributed by atoms with van der Waals surface area (Å²) in [6.07, 6.45) is 3.09. The lowest BCUT2D eigenvalue weighted by Gasteiger charge is -2.38. The lowest BCUT2D eigenvalue weighted by Crippen LogP contribution is -2.48. The van der Waals surface area contributed by atoms with Crippen molar-refractivity contribution < 1.29 is 9.53 Å². The molecule has 1 saturated heterocycles. The largest absolute Gasteiger partial charge is 0.368 e. The molecule has 6 heteroatoms. The third-order valence-corrected chi connectivity index (χ3v) is 5.36. The number of anilines is 1. The average Bonchev–Trinajstić information content (AvgIpc) is 3.52.